The molecule has 0 aromatic carbocycles. The number of unbranched alkanes of at least 4 members (excludes halogenated alkanes) is 3. The zero-order valence-corrected chi connectivity index (χ0v) is 12.6. The monoisotopic (exact) mass is 242 g/mol. The summed E-state index contributed by atoms with van der Waals surface area (Å²) in [4.78, 5) is 2.63. The van der Waals surface area contributed by atoms with Crippen LogP contribution in [0, 0.1) is 0 Å². The summed E-state index contributed by atoms with van der Waals surface area (Å²) in [6.45, 7) is 14.1. The zero-order chi connectivity index (χ0) is 12.9. The van der Waals surface area contributed by atoms with E-state index in [1.165, 1.54) is 64.7 Å². The molecule has 0 rings (SSSR count). The Morgan fingerprint density at radius 3 is 2.00 bits per heavy atom. The Hall–Kier alpha value is -0.0800. The van der Waals surface area contributed by atoms with Crippen molar-refractivity contribution in [1.29, 1.82) is 0 Å². The summed E-state index contributed by atoms with van der Waals surface area (Å²) in [5.41, 5.74) is 0. The Bertz CT molecular complexity index is 146. The van der Waals surface area contributed by atoms with E-state index in [2.05, 4.69) is 37.9 Å². The standard InChI is InChI=1S/C15H34N2/c1-5-7-9-13-17(15(3)4)14-10-8-12-16-11-6-2/h15-16H,5-14H2,1-4H3. The zero-order valence-electron chi connectivity index (χ0n) is 12.6. The normalized spacial score (nSPS) is 11.6. The average Bonchev–Trinajstić information content (AvgIpc) is 2.31. The second-order valence-electron chi connectivity index (χ2n) is 5.29. The molecule has 0 saturated heterocycles. The van der Waals surface area contributed by atoms with Gasteiger partial charge in [-0.15, -0.1) is 0 Å². The Kier molecular flexibility index (Phi) is 12.3. The topological polar surface area (TPSA) is 15.3 Å². The van der Waals surface area contributed by atoms with Crippen molar-refractivity contribution < 1.29 is 0 Å². The third-order valence-corrected chi connectivity index (χ3v) is 3.25. The smallest absolute Gasteiger partial charge is 0.00385 e. The molecule has 0 aliphatic carbocycles. The number of rotatable bonds is 12. The van der Waals surface area contributed by atoms with Gasteiger partial charge in [0.25, 0.3) is 0 Å². The van der Waals surface area contributed by atoms with E-state index < -0.39 is 0 Å². The van der Waals surface area contributed by atoms with E-state index in [-0.39, 0.29) is 0 Å². The van der Waals surface area contributed by atoms with Crippen LogP contribution in [0.5, 0.6) is 0 Å². The van der Waals surface area contributed by atoms with Crippen molar-refractivity contribution in [2.75, 3.05) is 26.2 Å². The highest BCUT2D eigenvalue weighted by atomic mass is 15.1. The van der Waals surface area contributed by atoms with E-state index in [9.17, 15) is 0 Å². The molecule has 0 aromatic heterocycles. The van der Waals surface area contributed by atoms with Crippen LogP contribution in [0.2, 0.25) is 0 Å². The van der Waals surface area contributed by atoms with Crippen molar-refractivity contribution in [2.45, 2.75) is 72.3 Å². The van der Waals surface area contributed by atoms with Crippen molar-refractivity contribution in [3.8, 4) is 0 Å². The van der Waals surface area contributed by atoms with Gasteiger partial charge in [0.2, 0.25) is 0 Å². The van der Waals surface area contributed by atoms with Crippen LogP contribution >= 0.6 is 0 Å². The van der Waals surface area contributed by atoms with Gasteiger partial charge in [-0.2, -0.15) is 0 Å². The number of hydrogen-bond donors (Lipinski definition) is 1. The van der Waals surface area contributed by atoms with Gasteiger partial charge in [0.1, 0.15) is 0 Å². The highest BCUT2D eigenvalue weighted by Gasteiger charge is 2.07. The van der Waals surface area contributed by atoms with Gasteiger partial charge in [-0.25, -0.2) is 0 Å². The van der Waals surface area contributed by atoms with Gasteiger partial charge in [0.05, 0.1) is 0 Å². The predicted molar refractivity (Wildman–Crippen MR) is 78.6 cm³/mol. The maximum Gasteiger partial charge on any atom is 0.00385 e. The van der Waals surface area contributed by atoms with Crippen molar-refractivity contribution in [2.24, 2.45) is 0 Å². The molecule has 104 valence electrons. The minimum Gasteiger partial charge on any atom is -0.317 e. The Labute approximate surface area is 109 Å². The van der Waals surface area contributed by atoms with Crippen molar-refractivity contribution in [3.05, 3.63) is 0 Å². The lowest BCUT2D eigenvalue weighted by Crippen LogP contribution is -2.33. The quantitative estimate of drug-likeness (QED) is 0.525. The van der Waals surface area contributed by atoms with Crippen LogP contribution in [0.1, 0.15) is 66.2 Å². The van der Waals surface area contributed by atoms with Crippen molar-refractivity contribution >= 4 is 0 Å². The molecule has 1 N–H and O–H groups in total. The van der Waals surface area contributed by atoms with E-state index >= 15 is 0 Å². The molecule has 0 radical (unpaired) electrons. The maximum absolute atomic E-state index is 3.47. The summed E-state index contributed by atoms with van der Waals surface area (Å²) in [5, 5.41) is 3.47. The van der Waals surface area contributed by atoms with Gasteiger partial charge in [0.15, 0.2) is 0 Å². The fraction of sp³-hybridized carbons (Fsp3) is 1.00. The van der Waals surface area contributed by atoms with E-state index in [1.54, 1.807) is 0 Å². The summed E-state index contributed by atoms with van der Waals surface area (Å²) in [7, 11) is 0. The van der Waals surface area contributed by atoms with Crippen LogP contribution in [0.25, 0.3) is 0 Å². The first kappa shape index (κ1) is 16.9. The molecule has 0 saturated carbocycles. The van der Waals surface area contributed by atoms with Crippen LogP contribution in [0.15, 0.2) is 0 Å². The van der Waals surface area contributed by atoms with Crippen molar-refractivity contribution in [3.63, 3.8) is 0 Å². The molecule has 0 aliphatic heterocycles. The average molecular weight is 242 g/mol. The molecule has 0 aliphatic rings. The molecule has 0 bridgehead atoms. The van der Waals surface area contributed by atoms with E-state index in [0.717, 1.165) is 0 Å². The van der Waals surface area contributed by atoms with Crippen LogP contribution in [-0.2, 0) is 0 Å². The molecule has 0 unspecified atom stereocenters. The molecule has 0 heterocycles. The molecule has 0 aromatic rings. The molecular formula is C15H34N2. The number of hydrogen-bond acceptors (Lipinski definition) is 2. The minimum absolute atomic E-state index is 0.704. The van der Waals surface area contributed by atoms with E-state index in [1.807, 2.05) is 0 Å². The first-order valence-electron chi connectivity index (χ1n) is 7.67. The van der Waals surface area contributed by atoms with Crippen LogP contribution in [0.4, 0.5) is 0 Å². The van der Waals surface area contributed by atoms with Gasteiger partial charge in [-0.1, -0.05) is 26.7 Å². The van der Waals surface area contributed by atoms with E-state index in [0.29, 0.717) is 6.04 Å². The first-order chi connectivity index (χ1) is 8.22. The molecule has 2 nitrogen and oxygen atoms in total. The second kappa shape index (κ2) is 12.4. The highest BCUT2D eigenvalue weighted by molar-refractivity contribution is 4.63. The lowest BCUT2D eigenvalue weighted by atomic mass is 10.2. The Balaban J connectivity index is 3.49. The molecule has 0 spiro atoms. The Morgan fingerprint density at radius 2 is 1.47 bits per heavy atom. The lowest BCUT2D eigenvalue weighted by Gasteiger charge is -2.26. The van der Waals surface area contributed by atoms with Gasteiger partial charge in [0, 0.05) is 6.04 Å². The van der Waals surface area contributed by atoms with Gasteiger partial charge >= 0.3 is 0 Å². The summed E-state index contributed by atoms with van der Waals surface area (Å²) in [6.07, 6.45) is 7.96. The molecule has 17 heavy (non-hydrogen) atoms. The van der Waals surface area contributed by atoms with Gasteiger partial charge in [-0.3, -0.25) is 0 Å². The van der Waals surface area contributed by atoms with Gasteiger partial charge in [-0.05, 0) is 65.7 Å². The molecule has 0 atom stereocenters. The summed E-state index contributed by atoms with van der Waals surface area (Å²) in [5.74, 6) is 0. The summed E-state index contributed by atoms with van der Waals surface area (Å²) in [6, 6.07) is 0.704. The SMILES string of the molecule is CCCCCN(CCCCNCCC)C(C)C. The fourth-order valence-electron chi connectivity index (χ4n) is 2.06. The molecule has 0 fully saturated rings. The molecule has 0 amide bonds. The minimum atomic E-state index is 0.704. The predicted octanol–water partition coefficient (Wildman–Crippen LogP) is 3.67. The van der Waals surface area contributed by atoms with Crippen LogP contribution in [0.3, 0.4) is 0 Å². The third-order valence-electron chi connectivity index (χ3n) is 3.25. The molecular weight excluding hydrogens is 208 g/mol. The number of nitrogens with one attached hydrogen (secondary N) is 1. The van der Waals surface area contributed by atoms with Crippen LogP contribution < -0.4 is 5.32 Å². The van der Waals surface area contributed by atoms with Crippen LogP contribution in [-0.4, -0.2) is 37.1 Å². The Morgan fingerprint density at radius 1 is 0.824 bits per heavy atom. The lowest BCUT2D eigenvalue weighted by molar-refractivity contribution is 0.213. The second-order valence-corrected chi connectivity index (χ2v) is 5.29. The van der Waals surface area contributed by atoms with E-state index in [4.69, 9.17) is 0 Å². The largest absolute Gasteiger partial charge is 0.317 e. The summed E-state index contributed by atoms with van der Waals surface area (Å²) >= 11 is 0. The van der Waals surface area contributed by atoms with Crippen molar-refractivity contribution in [1.82, 2.24) is 10.2 Å². The number of nitrogens with zero attached hydrogens (tertiary/aromatic N) is 1. The first-order valence-corrected chi connectivity index (χ1v) is 7.67. The third kappa shape index (κ3) is 10.8. The highest BCUT2D eigenvalue weighted by Crippen LogP contribution is 2.05. The van der Waals surface area contributed by atoms with Gasteiger partial charge < -0.3 is 10.2 Å². The maximum atomic E-state index is 3.47. The fourth-order valence-corrected chi connectivity index (χ4v) is 2.06. The molecule has 2 heteroatoms. The summed E-state index contributed by atoms with van der Waals surface area (Å²) < 4.78 is 0.